The van der Waals surface area contributed by atoms with E-state index in [1.807, 2.05) is 0 Å². The summed E-state index contributed by atoms with van der Waals surface area (Å²) in [5.41, 5.74) is 0. The molecule has 0 amide bonds. The van der Waals surface area contributed by atoms with Crippen LogP contribution in [-0.2, 0) is 43.7 Å². The molecule has 0 fully saturated rings. The molecular formula is C3H2Cu2O4. The fraction of sp³-hybridized carbons (Fsp3) is 0.333. The maximum Gasteiger partial charge on any atom is 1.00 e. The van der Waals surface area contributed by atoms with Crippen molar-refractivity contribution in [3.05, 3.63) is 0 Å². The minimum atomic E-state index is -1.63. The minimum absolute atomic E-state index is 0. The molecule has 9 heavy (non-hydrogen) atoms. The third kappa shape index (κ3) is 18.0. The van der Waals surface area contributed by atoms with Gasteiger partial charge in [-0.25, -0.2) is 0 Å². The summed E-state index contributed by atoms with van der Waals surface area (Å²) in [6.45, 7) is 0. The van der Waals surface area contributed by atoms with Crippen molar-refractivity contribution in [2.45, 2.75) is 6.42 Å². The maximum absolute atomic E-state index is 9.28. The van der Waals surface area contributed by atoms with E-state index in [1.165, 1.54) is 0 Å². The molecule has 0 aromatic rings. The first-order valence-corrected chi connectivity index (χ1v) is 1.52. The fourth-order valence-corrected chi connectivity index (χ4v) is 0.118. The monoisotopic (exact) mass is 228 g/mol. The van der Waals surface area contributed by atoms with Crippen LogP contribution in [0.25, 0.3) is 0 Å². The predicted octanol–water partition coefficient (Wildman–Crippen LogP) is -3.13. The van der Waals surface area contributed by atoms with E-state index in [4.69, 9.17) is 0 Å². The minimum Gasteiger partial charge on any atom is -0.550 e. The van der Waals surface area contributed by atoms with Crippen molar-refractivity contribution in [1.82, 2.24) is 0 Å². The van der Waals surface area contributed by atoms with E-state index in [2.05, 4.69) is 0 Å². The molecule has 0 saturated carbocycles. The number of hydrogen-bond acceptors (Lipinski definition) is 4. The van der Waals surface area contributed by atoms with Crippen LogP contribution in [0.1, 0.15) is 6.42 Å². The second-order valence-electron chi connectivity index (χ2n) is 0.921. The van der Waals surface area contributed by atoms with E-state index in [0.717, 1.165) is 0 Å². The molecule has 0 rings (SSSR count). The number of aliphatic carboxylic acids is 2. The summed E-state index contributed by atoms with van der Waals surface area (Å²) in [6, 6.07) is 0. The normalized spacial score (nSPS) is 6.22. The average Bonchev–Trinajstić information content (AvgIpc) is 1.27. The second kappa shape index (κ2) is 7.98. The van der Waals surface area contributed by atoms with Gasteiger partial charge in [0.15, 0.2) is 0 Å². The molecular weight excluding hydrogens is 227 g/mol. The smallest absolute Gasteiger partial charge is 0.550 e. The third-order valence-electron chi connectivity index (χ3n) is 0.289. The molecule has 0 N–H and O–H groups in total. The van der Waals surface area contributed by atoms with Gasteiger partial charge in [-0.05, 0) is 0 Å². The molecule has 0 aliphatic heterocycles. The molecule has 6 heteroatoms. The summed E-state index contributed by atoms with van der Waals surface area (Å²) >= 11 is 0. The van der Waals surface area contributed by atoms with Gasteiger partial charge in [-0.3, -0.25) is 0 Å². The molecule has 0 aromatic carbocycles. The van der Waals surface area contributed by atoms with Crippen LogP contribution in [0.3, 0.4) is 0 Å². The van der Waals surface area contributed by atoms with E-state index in [0.29, 0.717) is 0 Å². The molecule has 0 bridgehead atoms. The van der Waals surface area contributed by atoms with Crippen LogP contribution >= 0.6 is 0 Å². The zero-order valence-electron chi connectivity index (χ0n) is 3.94. The third-order valence-corrected chi connectivity index (χ3v) is 0.289. The van der Waals surface area contributed by atoms with Gasteiger partial charge < -0.3 is 19.8 Å². The SMILES string of the molecule is O=C([O-])CC(=O)[O-].[Cu+].[Cu+]. The van der Waals surface area contributed by atoms with Gasteiger partial charge in [0.25, 0.3) is 0 Å². The Morgan fingerprint density at radius 2 is 1.22 bits per heavy atom. The van der Waals surface area contributed by atoms with E-state index >= 15 is 0 Å². The number of carboxylic acid groups (broad SMARTS) is 2. The topological polar surface area (TPSA) is 80.3 Å². The molecule has 0 aromatic heterocycles. The van der Waals surface area contributed by atoms with Gasteiger partial charge >= 0.3 is 34.1 Å². The van der Waals surface area contributed by atoms with Crippen molar-refractivity contribution < 1.29 is 53.9 Å². The molecule has 0 spiro atoms. The van der Waals surface area contributed by atoms with Crippen LogP contribution in [0.15, 0.2) is 0 Å². The van der Waals surface area contributed by atoms with Crippen molar-refractivity contribution in [1.29, 1.82) is 0 Å². The van der Waals surface area contributed by atoms with Gasteiger partial charge in [0.1, 0.15) is 0 Å². The second-order valence-corrected chi connectivity index (χ2v) is 0.921. The predicted molar refractivity (Wildman–Crippen MR) is 14.6 cm³/mol. The number of carboxylic acids is 2. The zero-order valence-corrected chi connectivity index (χ0v) is 5.83. The van der Waals surface area contributed by atoms with E-state index < -0.39 is 18.4 Å². The van der Waals surface area contributed by atoms with Crippen molar-refractivity contribution >= 4 is 11.9 Å². The number of rotatable bonds is 2. The Kier molecular flexibility index (Phi) is 14.2. The molecule has 0 aliphatic carbocycles. The summed E-state index contributed by atoms with van der Waals surface area (Å²) in [6.07, 6.45) is -1.03. The van der Waals surface area contributed by atoms with Gasteiger partial charge in [-0.2, -0.15) is 0 Å². The number of carbonyl (C=O) groups excluding carboxylic acids is 2. The Labute approximate surface area is 72.6 Å². The molecule has 0 heterocycles. The molecule has 0 atom stereocenters. The van der Waals surface area contributed by atoms with E-state index in [1.54, 1.807) is 0 Å². The standard InChI is InChI=1S/C3H4O4.2Cu/c4-2(5)1-3(6)7;;/h1H2,(H,4,5)(H,6,7);;/q;2*+1/p-2. The first-order chi connectivity index (χ1) is 3.13. The van der Waals surface area contributed by atoms with Gasteiger partial charge in [0.05, 0.1) is 0 Å². The summed E-state index contributed by atoms with van der Waals surface area (Å²) in [5.74, 6) is -3.25. The molecule has 0 aliphatic rings. The zero-order chi connectivity index (χ0) is 5.86. The number of carbonyl (C=O) groups is 2. The summed E-state index contributed by atoms with van der Waals surface area (Å²) in [4.78, 5) is 18.6. The van der Waals surface area contributed by atoms with Crippen molar-refractivity contribution in [3.8, 4) is 0 Å². The van der Waals surface area contributed by atoms with Crippen LogP contribution < -0.4 is 10.2 Å². The molecule has 0 unspecified atom stereocenters. The van der Waals surface area contributed by atoms with E-state index in [9.17, 15) is 19.8 Å². The van der Waals surface area contributed by atoms with Crippen molar-refractivity contribution in [2.24, 2.45) is 0 Å². The van der Waals surface area contributed by atoms with Crippen LogP contribution in [0, 0.1) is 0 Å². The largest absolute Gasteiger partial charge is 1.00 e. The molecule has 60 valence electrons. The van der Waals surface area contributed by atoms with Crippen LogP contribution in [0.2, 0.25) is 0 Å². The van der Waals surface area contributed by atoms with Crippen LogP contribution in [-0.4, -0.2) is 11.9 Å². The van der Waals surface area contributed by atoms with Crippen molar-refractivity contribution in [3.63, 3.8) is 0 Å². The first kappa shape index (κ1) is 16.0. The summed E-state index contributed by atoms with van der Waals surface area (Å²) in [5, 5.41) is 18.6. The first-order valence-electron chi connectivity index (χ1n) is 1.52. The Bertz CT molecular complexity index is 90.0. The summed E-state index contributed by atoms with van der Waals surface area (Å²) < 4.78 is 0. The maximum atomic E-state index is 9.28. The Hall–Kier alpha value is -0.0210. The fourth-order valence-electron chi connectivity index (χ4n) is 0.118. The molecule has 0 saturated heterocycles. The number of hydrogen-bond donors (Lipinski definition) is 0. The van der Waals surface area contributed by atoms with E-state index in [-0.39, 0.29) is 34.1 Å². The Morgan fingerprint density at radius 1 is 1.00 bits per heavy atom. The van der Waals surface area contributed by atoms with Gasteiger partial charge in [0, 0.05) is 18.4 Å². The van der Waals surface area contributed by atoms with Gasteiger partial charge in [-0.15, -0.1) is 0 Å². The van der Waals surface area contributed by atoms with Crippen molar-refractivity contribution in [2.75, 3.05) is 0 Å². The summed E-state index contributed by atoms with van der Waals surface area (Å²) in [7, 11) is 0. The van der Waals surface area contributed by atoms with Gasteiger partial charge in [-0.1, -0.05) is 0 Å². The van der Waals surface area contributed by atoms with Gasteiger partial charge in [0.2, 0.25) is 0 Å². The Morgan fingerprint density at radius 3 is 1.22 bits per heavy atom. The average molecular weight is 229 g/mol. The van der Waals surface area contributed by atoms with Crippen LogP contribution in [0.4, 0.5) is 0 Å². The van der Waals surface area contributed by atoms with Crippen LogP contribution in [0.5, 0.6) is 0 Å². The quantitative estimate of drug-likeness (QED) is 0.370. The Balaban J connectivity index is -0.000000180. The molecule has 0 radical (unpaired) electrons. The molecule has 4 nitrogen and oxygen atoms in total.